The number of hydrogen-bond donors (Lipinski definition) is 1. The second-order valence-electron chi connectivity index (χ2n) is 12.7. The number of likely N-dealkylation sites (N-methyl/N-ethyl adjacent to an activating group) is 1. The number of piperidine rings is 1. The van der Waals surface area contributed by atoms with Gasteiger partial charge in [-0.3, -0.25) is 9.59 Å². The Bertz CT molecular complexity index is 1400. The number of ketones is 1. The Morgan fingerprint density at radius 1 is 1.22 bits per heavy atom. The maximum Gasteiger partial charge on any atom is 0.227 e. The fourth-order valence-electron chi connectivity index (χ4n) is 8.27. The summed E-state index contributed by atoms with van der Waals surface area (Å²) >= 11 is 12.4. The molecule has 0 radical (unpaired) electrons. The Morgan fingerprint density at radius 2 is 2.00 bits per heavy atom. The summed E-state index contributed by atoms with van der Waals surface area (Å²) in [6.07, 6.45) is 3.40. The van der Waals surface area contributed by atoms with Crippen molar-refractivity contribution >= 4 is 34.9 Å². The van der Waals surface area contributed by atoms with Gasteiger partial charge in [0.15, 0.2) is 17.3 Å². The minimum atomic E-state index is -0.317. The number of Topliss-reactive ketones (excluding diaryl/α,β-unsaturated/α-hetero) is 1. The van der Waals surface area contributed by atoms with E-state index >= 15 is 0 Å². The summed E-state index contributed by atoms with van der Waals surface area (Å²) in [4.78, 5) is 31.5. The summed E-state index contributed by atoms with van der Waals surface area (Å²) in [6, 6.07) is 7.36. The molecule has 1 saturated carbocycles. The molecule has 0 aromatic heterocycles. The molecule has 5 atom stereocenters. The van der Waals surface area contributed by atoms with E-state index in [-0.39, 0.29) is 59.5 Å². The summed E-state index contributed by atoms with van der Waals surface area (Å²) in [5, 5.41) is 12.3. The zero-order chi connectivity index (χ0) is 29.2. The highest BCUT2D eigenvalue weighted by atomic mass is 35.5. The van der Waals surface area contributed by atoms with E-state index in [2.05, 4.69) is 25.8 Å². The van der Waals surface area contributed by atoms with Crippen molar-refractivity contribution in [3.05, 3.63) is 56.6 Å². The van der Waals surface area contributed by atoms with Gasteiger partial charge in [0.1, 0.15) is 12.7 Å². The molecule has 2 aromatic carbocycles. The molecule has 2 aliphatic heterocycles. The van der Waals surface area contributed by atoms with Crippen molar-refractivity contribution < 1.29 is 24.2 Å². The lowest BCUT2D eigenvalue weighted by atomic mass is 9.51. The van der Waals surface area contributed by atoms with E-state index in [1.807, 2.05) is 17.0 Å². The van der Waals surface area contributed by atoms with Gasteiger partial charge in [-0.05, 0) is 80.4 Å². The first-order valence-electron chi connectivity index (χ1n) is 14.6. The molecule has 1 spiro atoms. The summed E-state index contributed by atoms with van der Waals surface area (Å²) < 4.78 is 11.9. The number of nitrogens with zero attached hydrogens (tertiary/aromatic N) is 2. The maximum absolute atomic E-state index is 14.1. The zero-order valence-corrected chi connectivity index (χ0v) is 25.6. The van der Waals surface area contributed by atoms with Crippen molar-refractivity contribution in [3.8, 4) is 11.5 Å². The number of aromatic hydroxyl groups is 1. The van der Waals surface area contributed by atoms with E-state index in [1.165, 1.54) is 7.11 Å². The lowest BCUT2D eigenvalue weighted by Gasteiger charge is -2.60. The third kappa shape index (κ3) is 4.55. The number of hydrogen-bond acceptors (Lipinski definition) is 6. The van der Waals surface area contributed by atoms with Crippen LogP contribution in [0.3, 0.4) is 0 Å². The van der Waals surface area contributed by atoms with Crippen molar-refractivity contribution in [2.45, 2.75) is 69.6 Å². The molecule has 2 aliphatic carbocycles. The van der Waals surface area contributed by atoms with Crippen molar-refractivity contribution in [1.29, 1.82) is 0 Å². The highest BCUT2D eigenvalue weighted by Gasteiger charge is 2.66. The molecule has 1 N–H and O–H groups in total. The van der Waals surface area contributed by atoms with Crippen LogP contribution in [0.15, 0.2) is 24.3 Å². The van der Waals surface area contributed by atoms with Crippen molar-refractivity contribution in [2.75, 3.05) is 33.9 Å². The van der Waals surface area contributed by atoms with Crippen molar-refractivity contribution in [1.82, 2.24) is 9.80 Å². The molecule has 6 rings (SSSR count). The number of amides is 1. The molecule has 1 saturated heterocycles. The third-order valence-corrected chi connectivity index (χ3v) is 10.6. The second kappa shape index (κ2) is 10.7. The second-order valence-corrected chi connectivity index (χ2v) is 13.5. The highest BCUT2D eigenvalue weighted by molar-refractivity contribution is 6.42. The summed E-state index contributed by atoms with van der Waals surface area (Å²) in [5.41, 5.74) is 2.89. The molecule has 2 unspecified atom stereocenters. The average Bonchev–Trinajstić information content (AvgIpc) is 3.28. The normalized spacial score (nSPS) is 27.9. The fourth-order valence-corrected chi connectivity index (χ4v) is 8.59. The Kier molecular flexibility index (Phi) is 7.55. The van der Waals surface area contributed by atoms with Crippen LogP contribution in [0.25, 0.3) is 0 Å². The van der Waals surface area contributed by atoms with Gasteiger partial charge >= 0.3 is 0 Å². The Hall–Kier alpha value is -2.32. The number of benzene rings is 2. The molecule has 7 nitrogen and oxygen atoms in total. The van der Waals surface area contributed by atoms with E-state index < -0.39 is 0 Å². The Morgan fingerprint density at radius 3 is 2.71 bits per heavy atom. The number of methoxy groups -OCH3 is 1. The van der Waals surface area contributed by atoms with Gasteiger partial charge in [-0.25, -0.2) is 0 Å². The molecular weight excluding hydrogens is 563 g/mol. The van der Waals surface area contributed by atoms with Crippen LogP contribution in [0.4, 0.5) is 0 Å². The minimum Gasteiger partial charge on any atom is -0.504 e. The van der Waals surface area contributed by atoms with Crippen LogP contribution in [0.1, 0.15) is 60.2 Å². The van der Waals surface area contributed by atoms with E-state index in [1.54, 1.807) is 12.1 Å². The topological polar surface area (TPSA) is 79.3 Å². The fraction of sp³-hybridized carbons (Fsp3) is 0.562. The highest BCUT2D eigenvalue weighted by Crippen LogP contribution is 2.64. The van der Waals surface area contributed by atoms with Crippen molar-refractivity contribution in [3.63, 3.8) is 0 Å². The molecule has 2 heterocycles. The molecule has 2 bridgehead atoms. The summed E-state index contributed by atoms with van der Waals surface area (Å²) in [7, 11) is 3.66. The number of carbonyl (C=O) groups is 2. The number of halogens is 2. The van der Waals surface area contributed by atoms with E-state index in [4.69, 9.17) is 32.7 Å². The number of rotatable bonds is 8. The van der Waals surface area contributed by atoms with Crippen molar-refractivity contribution in [2.24, 2.45) is 11.8 Å². The monoisotopic (exact) mass is 600 g/mol. The predicted octanol–water partition coefficient (Wildman–Crippen LogP) is 5.29. The smallest absolute Gasteiger partial charge is 0.227 e. The van der Waals surface area contributed by atoms with Gasteiger partial charge in [-0.2, -0.15) is 0 Å². The maximum atomic E-state index is 14.1. The van der Waals surface area contributed by atoms with Gasteiger partial charge in [0.25, 0.3) is 0 Å². The first-order chi connectivity index (χ1) is 19.6. The summed E-state index contributed by atoms with van der Waals surface area (Å²) in [5.74, 6) is 0.704. The number of phenols is 1. The van der Waals surface area contributed by atoms with E-state index in [0.29, 0.717) is 34.3 Å². The van der Waals surface area contributed by atoms with E-state index in [0.717, 1.165) is 48.9 Å². The van der Waals surface area contributed by atoms with Gasteiger partial charge in [-0.15, -0.1) is 0 Å². The van der Waals surface area contributed by atoms with Gasteiger partial charge in [-0.1, -0.05) is 43.1 Å². The van der Waals surface area contributed by atoms with Crippen LogP contribution >= 0.6 is 23.2 Å². The lowest BCUT2D eigenvalue weighted by molar-refractivity contribution is -0.142. The number of carbonyl (C=O) groups excluding carboxylic acids is 2. The largest absolute Gasteiger partial charge is 0.504 e. The van der Waals surface area contributed by atoms with Crippen LogP contribution < -0.4 is 4.74 Å². The quantitative estimate of drug-likeness (QED) is 0.415. The number of phenolic OH excluding ortho intramolecular Hbond substituents is 1. The van der Waals surface area contributed by atoms with Gasteiger partial charge in [0.05, 0.1) is 28.1 Å². The molecule has 9 heteroatoms. The summed E-state index contributed by atoms with van der Waals surface area (Å²) in [6.45, 7) is 5.65. The molecule has 2 aromatic rings. The van der Waals surface area contributed by atoms with Gasteiger partial charge < -0.3 is 24.4 Å². The first-order valence-corrected chi connectivity index (χ1v) is 15.3. The van der Waals surface area contributed by atoms with Crippen LogP contribution in [-0.2, 0) is 27.8 Å². The zero-order valence-electron chi connectivity index (χ0n) is 24.1. The number of likely N-dealkylation sites (tertiary alicyclic amines) is 1. The molecule has 220 valence electrons. The molecule has 41 heavy (non-hydrogen) atoms. The van der Waals surface area contributed by atoms with Crippen LogP contribution in [0.5, 0.6) is 11.5 Å². The van der Waals surface area contributed by atoms with Crippen LogP contribution in [-0.4, -0.2) is 78.6 Å². The van der Waals surface area contributed by atoms with Gasteiger partial charge in [0.2, 0.25) is 5.91 Å². The Balaban J connectivity index is 1.42. The molecule has 2 fully saturated rings. The van der Waals surface area contributed by atoms with Crippen LogP contribution in [0.2, 0.25) is 10.0 Å². The van der Waals surface area contributed by atoms with E-state index in [9.17, 15) is 14.7 Å². The molecular formula is C32H38Cl2N2O5. The molecule has 4 aliphatic rings. The average molecular weight is 602 g/mol. The Labute approximate surface area is 251 Å². The number of ether oxygens (including phenoxy) is 2. The lowest BCUT2D eigenvalue weighted by Crippen LogP contribution is -2.69. The van der Waals surface area contributed by atoms with Gasteiger partial charge in [0, 0.05) is 30.7 Å². The SMILES string of the molecule is COCC(=O)c1cc2c3c(c1O)OC1C(N(CC(C)C)C(=O)Cc4ccc(Cl)c(Cl)c4)CC[C@H]4[C@@H](C2)N(C)CC[C@]314. The minimum absolute atomic E-state index is 0.0252. The standard InChI is InChI=1S/C32H38Cl2N2O5/c1-17(2)15-36(27(38)12-18-5-7-22(33)23(34)11-18)24-8-6-21-25-14-19-13-20(26(37)16-40-4)29(39)30-28(19)32(21,31(24)41-30)9-10-35(25)3/h5,7,11,13,17,21,24-25,31,39H,6,8-10,12,14-16H2,1-4H3/t21-,24?,25+,31?,32-/m0/s1. The predicted molar refractivity (Wildman–Crippen MR) is 158 cm³/mol. The third-order valence-electron chi connectivity index (χ3n) is 9.88. The van der Waals surface area contributed by atoms with Crippen LogP contribution in [0, 0.1) is 11.8 Å². The first kappa shape index (κ1) is 28.8. The molecule has 1 amide bonds.